The molecule has 0 aromatic carbocycles. The van der Waals surface area contributed by atoms with Gasteiger partial charge in [-0.2, -0.15) is 5.10 Å². The lowest BCUT2D eigenvalue weighted by Gasteiger charge is -2.26. The van der Waals surface area contributed by atoms with E-state index in [4.69, 9.17) is 0 Å². The molecule has 4 aromatic heterocycles. The summed E-state index contributed by atoms with van der Waals surface area (Å²) < 4.78 is 25.4. The Balaban J connectivity index is 1.39. The Kier molecular flexibility index (Phi) is 5.93. The number of anilines is 3. The Morgan fingerprint density at radius 3 is 2.51 bits per heavy atom. The monoisotopic (exact) mass is 490 g/mol. The number of nitrogens with zero attached hydrogens (tertiary/aromatic N) is 7. The topological polar surface area (TPSA) is 118 Å². The molecule has 4 aromatic rings. The summed E-state index contributed by atoms with van der Waals surface area (Å²) in [5.74, 6) is 0.742. The summed E-state index contributed by atoms with van der Waals surface area (Å²) in [6.45, 7) is 5.37. The Morgan fingerprint density at radius 1 is 1.06 bits per heavy atom. The molecule has 1 aliphatic heterocycles. The minimum Gasteiger partial charge on any atom is -0.351 e. The van der Waals surface area contributed by atoms with Crippen molar-refractivity contribution in [2.75, 3.05) is 29.6 Å². The van der Waals surface area contributed by atoms with Crippen LogP contribution in [0.3, 0.4) is 0 Å². The van der Waals surface area contributed by atoms with Crippen LogP contribution in [-0.2, 0) is 16.3 Å². The van der Waals surface area contributed by atoms with Gasteiger partial charge in [-0.3, -0.25) is 0 Å². The maximum absolute atomic E-state index is 11.8. The van der Waals surface area contributed by atoms with Crippen molar-refractivity contribution in [2.45, 2.75) is 31.7 Å². The van der Waals surface area contributed by atoms with Crippen LogP contribution < -0.4 is 10.2 Å². The quantitative estimate of drug-likeness (QED) is 0.434. The first-order valence-electron chi connectivity index (χ1n) is 11.4. The van der Waals surface area contributed by atoms with Crippen LogP contribution in [0.15, 0.2) is 54.1 Å². The van der Waals surface area contributed by atoms with Crippen molar-refractivity contribution in [1.29, 1.82) is 0 Å². The summed E-state index contributed by atoms with van der Waals surface area (Å²) >= 11 is 0. The van der Waals surface area contributed by atoms with Crippen molar-refractivity contribution in [1.82, 2.24) is 29.5 Å². The van der Waals surface area contributed by atoms with Crippen LogP contribution in [0, 0.1) is 6.92 Å². The van der Waals surface area contributed by atoms with Crippen LogP contribution in [-0.4, -0.2) is 57.3 Å². The molecule has 0 atom stereocenters. The van der Waals surface area contributed by atoms with E-state index in [1.165, 1.54) is 11.6 Å². The molecular weight excluding hydrogens is 464 g/mol. The number of hydrogen-bond acceptors (Lipinski definition) is 9. The lowest BCUT2D eigenvalue weighted by Crippen LogP contribution is -2.30. The van der Waals surface area contributed by atoms with Gasteiger partial charge in [-0.15, -0.1) is 0 Å². The van der Waals surface area contributed by atoms with E-state index >= 15 is 0 Å². The lowest BCUT2D eigenvalue weighted by molar-refractivity contribution is 0.598. The van der Waals surface area contributed by atoms with Crippen LogP contribution in [0.1, 0.15) is 30.3 Å². The molecule has 5 heterocycles. The molecule has 5 rings (SSSR count). The fourth-order valence-electron chi connectivity index (χ4n) is 4.01. The van der Waals surface area contributed by atoms with E-state index in [0.29, 0.717) is 23.6 Å². The number of aromatic nitrogens is 6. The predicted octanol–water partition coefficient (Wildman–Crippen LogP) is 3.23. The van der Waals surface area contributed by atoms with E-state index < -0.39 is 9.84 Å². The van der Waals surface area contributed by atoms with E-state index in [9.17, 15) is 8.42 Å². The van der Waals surface area contributed by atoms with Crippen molar-refractivity contribution in [3.63, 3.8) is 0 Å². The Labute approximate surface area is 203 Å². The van der Waals surface area contributed by atoms with Gasteiger partial charge in [-0.25, -0.2) is 32.9 Å². The fourth-order valence-corrected chi connectivity index (χ4v) is 4.63. The molecule has 0 aliphatic carbocycles. The van der Waals surface area contributed by atoms with Crippen LogP contribution in [0.5, 0.6) is 0 Å². The van der Waals surface area contributed by atoms with Crippen molar-refractivity contribution in [3.8, 4) is 0 Å². The van der Waals surface area contributed by atoms with Crippen molar-refractivity contribution in [2.24, 2.45) is 0 Å². The highest BCUT2D eigenvalue weighted by molar-refractivity contribution is 7.90. The van der Waals surface area contributed by atoms with Gasteiger partial charge in [-0.1, -0.05) is 13.0 Å². The molecule has 0 unspecified atom stereocenters. The summed E-state index contributed by atoms with van der Waals surface area (Å²) in [4.78, 5) is 20.0. The van der Waals surface area contributed by atoms with Crippen molar-refractivity contribution < 1.29 is 8.42 Å². The van der Waals surface area contributed by atoms with Gasteiger partial charge in [0.1, 0.15) is 0 Å². The van der Waals surface area contributed by atoms with Gasteiger partial charge in [0.25, 0.3) is 0 Å². The summed E-state index contributed by atoms with van der Waals surface area (Å²) in [7, 11) is -3.37. The minimum absolute atomic E-state index is 0.0495. The highest BCUT2D eigenvalue weighted by atomic mass is 32.2. The third kappa shape index (κ3) is 4.59. The van der Waals surface area contributed by atoms with E-state index in [-0.39, 0.29) is 5.03 Å². The molecule has 0 saturated carbocycles. The molecule has 1 N–H and O–H groups in total. The lowest BCUT2D eigenvalue weighted by atomic mass is 10.1. The molecule has 11 heteroatoms. The van der Waals surface area contributed by atoms with Gasteiger partial charge in [0, 0.05) is 31.7 Å². The van der Waals surface area contributed by atoms with Crippen LogP contribution in [0.2, 0.25) is 0 Å². The predicted molar refractivity (Wildman–Crippen MR) is 135 cm³/mol. The number of rotatable bonds is 6. The molecule has 0 spiro atoms. The maximum Gasteiger partial charge on any atom is 0.225 e. The number of aryl methyl sites for hydroxylation is 2. The number of imidazole rings is 1. The second kappa shape index (κ2) is 9.06. The number of nitrogens with one attached hydrogen (secondary N) is 1. The summed E-state index contributed by atoms with van der Waals surface area (Å²) in [5.41, 5.74) is 5.95. The van der Waals surface area contributed by atoms with Crippen LogP contribution >= 0.6 is 0 Å². The van der Waals surface area contributed by atoms with E-state index in [0.717, 1.165) is 48.5 Å². The Morgan fingerprint density at radius 2 is 1.86 bits per heavy atom. The highest BCUT2D eigenvalue weighted by Gasteiger charge is 2.19. The summed E-state index contributed by atoms with van der Waals surface area (Å²) in [5, 5.41) is 7.90. The van der Waals surface area contributed by atoms with Gasteiger partial charge < -0.3 is 10.2 Å². The molecular formula is C24H26N8O2S. The number of sulfone groups is 1. The zero-order valence-electron chi connectivity index (χ0n) is 19.8. The normalized spacial score (nSPS) is 14.3. The smallest absolute Gasteiger partial charge is 0.225 e. The second-order valence-electron chi connectivity index (χ2n) is 8.47. The Bertz CT molecular complexity index is 1530. The molecule has 180 valence electrons. The van der Waals surface area contributed by atoms with E-state index in [2.05, 4.69) is 48.3 Å². The largest absolute Gasteiger partial charge is 0.351 e. The first-order valence-corrected chi connectivity index (χ1v) is 13.3. The molecule has 0 saturated heterocycles. The molecule has 35 heavy (non-hydrogen) atoms. The molecule has 0 fully saturated rings. The standard InChI is InChI=1S/C24H26N8O2S/c1-4-17-13-26-24(27-14-17)31-11-8-18(9-12-31)21-15-25-23-20(7-10-28-32(21)23)30-19-5-6-22(29-16(19)2)35(3,33)34/h5-8,10,13-15,30H,4,9,11-12H2,1-3H3. The third-order valence-electron chi connectivity index (χ3n) is 6.03. The minimum atomic E-state index is -3.37. The SMILES string of the molecule is CCc1cnc(N2CC=C(c3cnc4c(Nc5ccc(S(C)(=O)=O)nc5C)ccnn34)CC2)nc1. The van der Waals surface area contributed by atoms with Crippen LogP contribution in [0.25, 0.3) is 11.2 Å². The van der Waals surface area contributed by atoms with Gasteiger partial charge in [0.2, 0.25) is 5.95 Å². The highest BCUT2D eigenvalue weighted by Crippen LogP contribution is 2.28. The molecule has 0 amide bonds. The van der Waals surface area contributed by atoms with Crippen LogP contribution in [0.4, 0.5) is 17.3 Å². The fraction of sp³-hybridized carbons (Fsp3) is 0.292. The average molecular weight is 491 g/mol. The Hall–Kier alpha value is -3.86. The zero-order valence-corrected chi connectivity index (χ0v) is 20.6. The average Bonchev–Trinajstić information content (AvgIpc) is 3.30. The molecule has 1 aliphatic rings. The van der Waals surface area contributed by atoms with Gasteiger partial charge in [-0.05, 0) is 49.1 Å². The number of hydrogen-bond donors (Lipinski definition) is 1. The van der Waals surface area contributed by atoms with Gasteiger partial charge in [0.15, 0.2) is 20.5 Å². The molecule has 0 bridgehead atoms. The second-order valence-corrected chi connectivity index (χ2v) is 10.4. The maximum atomic E-state index is 11.8. The van der Waals surface area contributed by atoms with Gasteiger partial charge >= 0.3 is 0 Å². The van der Waals surface area contributed by atoms with E-state index in [1.54, 1.807) is 19.2 Å². The zero-order chi connectivity index (χ0) is 24.6. The van der Waals surface area contributed by atoms with Crippen molar-refractivity contribution in [3.05, 3.63) is 66.0 Å². The van der Waals surface area contributed by atoms with Crippen molar-refractivity contribution >= 4 is 38.4 Å². The summed E-state index contributed by atoms with van der Waals surface area (Å²) in [6, 6.07) is 5.05. The summed E-state index contributed by atoms with van der Waals surface area (Å²) in [6.07, 6.45) is 12.4. The first kappa shape index (κ1) is 22.9. The first-order chi connectivity index (χ1) is 16.8. The number of pyridine rings is 1. The molecule has 10 nitrogen and oxygen atoms in total. The van der Waals surface area contributed by atoms with Gasteiger partial charge in [0.05, 0.1) is 35.2 Å². The third-order valence-corrected chi connectivity index (χ3v) is 7.02. The van der Waals surface area contributed by atoms with E-state index in [1.807, 2.05) is 29.2 Å². The number of fused-ring (bicyclic) bond motifs is 1. The molecule has 0 radical (unpaired) electrons.